The largest absolute Gasteiger partial charge is 0.497 e. The number of aromatic nitrogens is 2. The molecule has 6 nitrogen and oxygen atoms in total. The average Bonchev–Trinajstić information content (AvgIpc) is 2.76. The van der Waals surface area contributed by atoms with E-state index in [1.807, 2.05) is 55.5 Å². The van der Waals surface area contributed by atoms with E-state index < -0.39 is 0 Å². The number of carbonyl (C=O) groups excluding carboxylic acids is 1. The van der Waals surface area contributed by atoms with Gasteiger partial charge in [-0.25, -0.2) is 9.97 Å². The third-order valence-electron chi connectivity index (χ3n) is 5.22. The minimum atomic E-state index is -0.294. The molecule has 4 rings (SSSR count). The Morgan fingerprint density at radius 1 is 1.19 bits per heavy atom. The zero-order valence-electron chi connectivity index (χ0n) is 18.8. The molecule has 0 saturated carbocycles. The molecule has 0 atom stereocenters. The fourth-order valence-corrected chi connectivity index (χ4v) is 4.43. The standard InChI is InChI=1S/C25H27N3O3S/c1-16-7-5-9-18(11-16)26-22(29)15-32-24-20-14-31-25(2,3)13-21(20)27-23(28-24)17-8-6-10-19(12-17)30-4/h5-12H,13-15H2,1-4H3,(H,26,29). The molecule has 0 spiro atoms. The van der Waals surface area contributed by atoms with Crippen LogP contribution in [-0.4, -0.2) is 34.3 Å². The van der Waals surface area contributed by atoms with Crippen LogP contribution in [-0.2, 0) is 22.6 Å². The molecule has 3 aromatic rings. The van der Waals surface area contributed by atoms with E-state index in [0.29, 0.717) is 18.9 Å². The van der Waals surface area contributed by atoms with Crippen molar-refractivity contribution in [2.75, 3.05) is 18.2 Å². The first-order valence-electron chi connectivity index (χ1n) is 10.5. The molecule has 7 heteroatoms. The molecule has 2 aromatic carbocycles. The Kier molecular flexibility index (Phi) is 6.48. The van der Waals surface area contributed by atoms with E-state index in [1.165, 1.54) is 11.8 Å². The smallest absolute Gasteiger partial charge is 0.234 e. The van der Waals surface area contributed by atoms with Crippen molar-refractivity contribution in [3.63, 3.8) is 0 Å². The highest BCUT2D eigenvalue weighted by Crippen LogP contribution is 2.34. The molecule has 1 amide bonds. The number of ether oxygens (including phenoxy) is 2. The van der Waals surface area contributed by atoms with E-state index in [0.717, 1.165) is 38.8 Å². The van der Waals surface area contributed by atoms with Crippen LogP contribution in [0.25, 0.3) is 11.4 Å². The van der Waals surface area contributed by atoms with Gasteiger partial charge in [0.25, 0.3) is 0 Å². The van der Waals surface area contributed by atoms with Crippen molar-refractivity contribution in [3.05, 3.63) is 65.4 Å². The van der Waals surface area contributed by atoms with Crippen LogP contribution in [0.1, 0.15) is 30.7 Å². The van der Waals surface area contributed by atoms with Crippen LogP contribution >= 0.6 is 11.8 Å². The number of nitrogens with zero attached hydrogens (tertiary/aromatic N) is 2. The summed E-state index contributed by atoms with van der Waals surface area (Å²) in [5.41, 5.74) is 4.41. The number of aryl methyl sites for hydroxylation is 1. The molecule has 0 bridgehead atoms. The number of thioether (sulfide) groups is 1. The van der Waals surface area contributed by atoms with Gasteiger partial charge in [-0.2, -0.15) is 0 Å². The number of anilines is 1. The lowest BCUT2D eigenvalue weighted by atomic mass is 9.96. The maximum Gasteiger partial charge on any atom is 0.234 e. The number of fused-ring (bicyclic) bond motifs is 1. The Morgan fingerprint density at radius 3 is 2.78 bits per heavy atom. The summed E-state index contributed by atoms with van der Waals surface area (Å²) in [6, 6.07) is 15.5. The number of nitrogens with one attached hydrogen (secondary N) is 1. The fraction of sp³-hybridized carbons (Fsp3) is 0.320. The number of methoxy groups -OCH3 is 1. The molecular formula is C25H27N3O3S. The minimum absolute atomic E-state index is 0.0760. The zero-order chi connectivity index (χ0) is 22.7. The Labute approximate surface area is 192 Å². The predicted octanol–water partition coefficient (Wildman–Crippen LogP) is 5.04. The Hall–Kier alpha value is -2.90. The molecule has 0 unspecified atom stereocenters. The van der Waals surface area contributed by atoms with E-state index in [9.17, 15) is 4.79 Å². The van der Waals surface area contributed by atoms with Crippen molar-refractivity contribution < 1.29 is 14.3 Å². The predicted molar refractivity (Wildman–Crippen MR) is 127 cm³/mol. The van der Waals surface area contributed by atoms with Gasteiger partial charge in [-0.3, -0.25) is 4.79 Å². The van der Waals surface area contributed by atoms with Gasteiger partial charge in [0.05, 0.1) is 30.8 Å². The van der Waals surface area contributed by atoms with Gasteiger partial charge in [0.2, 0.25) is 5.91 Å². The number of amides is 1. The van der Waals surface area contributed by atoms with Crippen molar-refractivity contribution in [3.8, 4) is 17.1 Å². The monoisotopic (exact) mass is 449 g/mol. The van der Waals surface area contributed by atoms with Crippen molar-refractivity contribution in [2.45, 2.75) is 44.4 Å². The normalized spacial score (nSPS) is 14.5. The first kappa shape index (κ1) is 22.3. The molecule has 0 aliphatic carbocycles. The van der Waals surface area contributed by atoms with Crippen molar-refractivity contribution in [1.29, 1.82) is 0 Å². The molecular weight excluding hydrogens is 422 g/mol. The van der Waals surface area contributed by atoms with Gasteiger partial charge in [-0.15, -0.1) is 0 Å². The second-order valence-corrected chi connectivity index (χ2v) is 9.41. The van der Waals surface area contributed by atoms with Gasteiger partial charge in [0.15, 0.2) is 5.82 Å². The molecule has 1 aliphatic heterocycles. The molecule has 2 heterocycles. The van der Waals surface area contributed by atoms with Gasteiger partial charge in [-0.1, -0.05) is 36.0 Å². The van der Waals surface area contributed by atoms with Crippen LogP contribution in [0.3, 0.4) is 0 Å². The van der Waals surface area contributed by atoms with Crippen LogP contribution in [0.5, 0.6) is 5.75 Å². The highest BCUT2D eigenvalue weighted by Gasteiger charge is 2.30. The lowest BCUT2D eigenvalue weighted by Gasteiger charge is -2.32. The third-order valence-corrected chi connectivity index (χ3v) is 6.24. The van der Waals surface area contributed by atoms with Crippen molar-refractivity contribution >= 4 is 23.4 Å². The second kappa shape index (κ2) is 9.30. The quantitative estimate of drug-likeness (QED) is 0.420. The SMILES string of the molecule is COc1cccc(-c2nc3c(c(SCC(=O)Nc4cccc(C)c4)n2)COC(C)(C)C3)c1. The molecule has 32 heavy (non-hydrogen) atoms. The first-order valence-corrected chi connectivity index (χ1v) is 11.5. The molecule has 1 aliphatic rings. The number of benzene rings is 2. The van der Waals surface area contributed by atoms with Gasteiger partial charge >= 0.3 is 0 Å². The summed E-state index contributed by atoms with van der Waals surface area (Å²) in [7, 11) is 1.64. The zero-order valence-corrected chi connectivity index (χ0v) is 19.6. The summed E-state index contributed by atoms with van der Waals surface area (Å²) in [4.78, 5) is 22.3. The van der Waals surface area contributed by atoms with E-state index in [-0.39, 0.29) is 17.3 Å². The molecule has 0 saturated heterocycles. The minimum Gasteiger partial charge on any atom is -0.497 e. The summed E-state index contributed by atoms with van der Waals surface area (Å²) >= 11 is 1.41. The van der Waals surface area contributed by atoms with Gasteiger partial charge in [-0.05, 0) is 50.6 Å². The number of hydrogen-bond donors (Lipinski definition) is 1. The van der Waals surface area contributed by atoms with Gasteiger partial charge in [0.1, 0.15) is 10.8 Å². The van der Waals surface area contributed by atoms with E-state index >= 15 is 0 Å². The molecule has 1 aromatic heterocycles. The second-order valence-electron chi connectivity index (χ2n) is 8.44. The maximum atomic E-state index is 12.6. The Bertz CT molecular complexity index is 1150. The van der Waals surface area contributed by atoms with Crippen LogP contribution < -0.4 is 10.1 Å². The Morgan fingerprint density at radius 2 is 2.00 bits per heavy atom. The van der Waals surface area contributed by atoms with Crippen LogP contribution in [0.4, 0.5) is 5.69 Å². The highest BCUT2D eigenvalue weighted by molar-refractivity contribution is 8.00. The summed E-state index contributed by atoms with van der Waals surface area (Å²) in [6.45, 7) is 6.55. The van der Waals surface area contributed by atoms with E-state index in [1.54, 1.807) is 7.11 Å². The summed E-state index contributed by atoms with van der Waals surface area (Å²) in [6.07, 6.45) is 0.685. The Balaban J connectivity index is 1.60. The topological polar surface area (TPSA) is 73.3 Å². The maximum absolute atomic E-state index is 12.6. The molecule has 0 radical (unpaired) electrons. The van der Waals surface area contributed by atoms with Crippen molar-refractivity contribution in [2.24, 2.45) is 0 Å². The number of hydrogen-bond acceptors (Lipinski definition) is 6. The molecule has 1 N–H and O–H groups in total. The van der Waals surface area contributed by atoms with Gasteiger partial charge < -0.3 is 14.8 Å². The van der Waals surface area contributed by atoms with E-state index in [4.69, 9.17) is 19.4 Å². The number of carbonyl (C=O) groups is 1. The summed E-state index contributed by atoms with van der Waals surface area (Å²) in [5, 5.41) is 3.74. The summed E-state index contributed by atoms with van der Waals surface area (Å²) in [5.74, 6) is 1.55. The van der Waals surface area contributed by atoms with Gasteiger partial charge in [0, 0.05) is 23.2 Å². The molecule has 166 valence electrons. The summed E-state index contributed by atoms with van der Waals surface area (Å²) < 4.78 is 11.4. The lowest BCUT2D eigenvalue weighted by molar-refractivity contribution is -0.113. The third kappa shape index (κ3) is 5.29. The lowest BCUT2D eigenvalue weighted by Crippen LogP contribution is -2.33. The average molecular weight is 450 g/mol. The van der Waals surface area contributed by atoms with Crippen LogP contribution in [0.15, 0.2) is 53.6 Å². The van der Waals surface area contributed by atoms with E-state index in [2.05, 4.69) is 19.2 Å². The van der Waals surface area contributed by atoms with Crippen LogP contribution in [0.2, 0.25) is 0 Å². The number of rotatable bonds is 6. The highest BCUT2D eigenvalue weighted by atomic mass is 32.2. The molecule has 0 fully saturated rings. The first-order chi connectivity index (χ1) is 15.3. The van der Waals surface area contributed by atoms with Crippen molar-refractivity contribution in [1.82, 2.24) is 9.97 Å². The fourth-order valence-electron chi connectivity index (χ4n) is 3.58. The van der Waals surface area contributed by atoms with Crippen LogP contribution in [0, 0.1) is 6.92 Å².